The van der Waals surface area contributed by atoms with E-state index in [0.29, 0.717) is 16.9 Å². The molecular weight excluding hydrogens is 269 g/mol. The zero-order valence-corrected chi connectivity index (χ0v) is 11.0. The van der Waals surface area contributed by atoms with E-state index >= 15 is 0 Å². The molecular formula is C16H12FN3O. The molecule has 0 saturated carbocycles. The van der Waals surface area contributed by atoms with Gasteiger partial charge in [0.05, 0.1) is 23.1 Å². The summed E-state index contributed by atoms with van der Waals surface area (Å²) < 4.78 is 14.9. The largest absolute Gasteiger partial charge is 0.365 e. The summed E-state index contributed by atoms with van der Waals surface area (Å²) in [6, 6.07) is 15.3. The van der Waals surface area contributed by atoms with Gasteiger partial charge in [-0.3, -0.25) is 4.79 Å². The molecule has 0 atom stereocenters. The van der Waals surface area contributed by atoms with Crippen LogP contribution in [0.25, 0.3) is 16.9 Å². The average molecular weight is 281 g/mol. The van der Waals surface area contributed by atoms with Crippen molar-refractivity contribution in [1.29, 1.82) is 0 Å². The molecule has 0 fully saturated rings. The van der Waals surface area contributed by atoms with Gasteiger partial charge >= 0.3 is 0 Å². The van der Waals surface area contributed by atoms with Crippen LogP contribution in [0.15, 0.2) is 60.8 Å². The van der Waals surface area contributed by atoms with Crippen LogP contribution in [-0.4, -0.2) is 15.7 Å². The van der Waals surface area contributed by atoms with Gasteiger partial charge in [0, 0.05) is 5.56 Å². The molecule has 3 rings (SSSR count). The third-order valence-corrected chi connectivity index (χ3v) is 3.13. The molecule has 0 bridgehead atoms. The predicted octanol–water partition coefficient (Wildman–Crippen LogP) is 2.78. The summed E-state index contributed by atoms with van der Waals surface area (Å²) in [5.41, 5.74) is 7.57. The number of hydrogen-bond acceptors (Lipinski definition) is 2. The number of hydrogen-bond donors (Lipinski definition) is 1. The van der Waals surface area contributed by atoms with Crippen molar-refractivity contribution in [2.75, 3.05) is 0 Å². The molecule has 0 saturated heterocycles. The molecule has 0 spiro atoms. The third-order valence-electron chi connectivity index (χ3n) is 3.13. The molecule has 1 heterocycles. The van der Waals surface area contributed by atoms with Gasteiger partial charge in [0.25, 0.3) is 5.91 Å². The van der Waals surface area contributed by atoms with E-state index in [4.69, 9.17) is 5.73 Å². The van der Waals surface area contributed by atoms with E-state index in [2.05, 4.69) is 5.10 Å². The first kappa shape index (κ1) is 13.1. The molecule has 0 aliphatic heterocycles. The quantitative estimate of drug-likeness (QED) is 0.802. The van der Waals surface area contributed by atoms with Crippen LogP contribution in [0.3, 0.4) is 0 Å². The van der Waals surface area contributed by atoms with Crippen LogP contribution in [0.2, 0.25) is 0 Å². The number of nitrogens with two attached hydrogens (primary N) is 1. The van der Waals surface area contributed by atoms with Gasteiger partial charge in [-0.2, -0.15) is 5.10 Å². The molecule has 0 unspecified atom stereocenters. The predicted molar refractivity (Wildman–Crippen MR) is 77.5 cm³/mol. The number of primary amides is 1. The molecule has 104 valence electrons. The van der Waals surface area contributed by atoms with Gasteiger partial charge in [0.1, 0.15) is 5.82 Å². The fraction of sp³-hybridized carbons (Fsp3) is 0. The van der Waals surface area contributed by atoms with Crippen molar-refractivity contribution in [2.45, 2.75) is 0 Å². The van der Waals surface area contributed by atoms with Crippen molar-refractivity contribution >= 4 is 5.91 Å². The summed E-state index contributed by atoms with van der Waals surface area (Å²) in [6.07, 6.45) is 1.40. The normalized spacial score (nSPS) is 10.5. The molecule has 2 N–H and O–H groups in total. The van der Waals surface area contributed by atoms with Crippen LogP contribution < -0.4 is 5.73 Å². The van der Waals surface area contributed by atoms with Gasteiger partial charge in [-0.1, -0.05) is 36.4 Å². The van der Waals surface area contributed by atoms with Crippen molar-refractivity contribution in [3.05, 3.63) is 72.2 Å². The molecule has 1 amide bonds. The van der Waals surface area contributed by atoms with Gasteiger partial charge in [-0.25, -0.2) is 9.07 Å². The van der Waals surface area contributed by atoms with Crippen molar-refractivity contribution in [3.63, 3.8) is 0 Å². The summed E-state index contributed by atoms with van der Waals surface area (Å²) in [5.74, 6) is -0.945. The van der Waals surface area contributed by atoms with Crippen LogP contribution in [-0.2, 0) is 0 Å². The fourth-order valence-corrected chi connectivity index (χ4v) is 2.21. The maximum absolute atomic E-state index is 13.4. The van der Waals surface area contributed by atoms with E-state index in [1.54, 1.807) is 12.1 Å². The van der Waals surface area contributed by atoms with E-state index in [9.17, 15) is 9.18 Å². The van der Waals surface area contributed by atoms with Crippen LogP contribution in [0.4, 0.5) is 4.39 Å². The first-order valence-electron chi connectivity index (χ1n) is 6.36. The molecule has 0 radical (unpaired) electrons. The van der Waals surface area contributed by atoms with Gasteiger partial charge in [-0.05, 0) is 18.2 Å². The summed E-state index contributed by atoms with van der Waals surface area (Å²) in [7, 11) is 0. The molecule has 0 aliphatic carbocycles. The molecule has 2 aromatic carbocycles. The smallest absolute Gasteiger partial charge is 0.252 e. The Labute approximate surface area is 120 Å². The van der Waals surface area contributed by atoms with E-state index in [0.717, 1.165) is 5.56 Å². The second-order valence-corrected chi connectivity index (χ2v) is 4.53. The lowest BCUT2D eigenvalue weighted by Crippen LogP contribution is -2.12. The van der Waals surface area contributed by atoms with Crippen molar-refractivity contribution in [3.8, 4) is 16.9 Å². The number of halogens is 1. The van der Waals surface area contributed by atoms with E-state index in [-0.39, 0.29) is 5.82 Å². The number of carbonyl (C=O) groups is 1. The monoisotopic (exact) mass is 281 g/mol. The maximum atomic E-state index is 13.4. The average Bonchev–Trinajstić information content (AvgIpc) is 2.93. The topological polar surface area (TPSA) is 60.9 Å². The fourth-order valence-electron chi connectivity index (χ4n) is 2.21. The second-order valence-electron chi connectivity index (χ2n) is 4.53. The summed E-state index contributed by atoms with van der Waals surface area (Å²) in [5, 5.41) is 4.17. The molecule has 0 aliphatic rings. The highest BCUT2D eigenvalue weighted by Crippen LogP contribution is 2.26. The van der Waals surface area contributed by atoms with Crippen LogP contribution in [0, 0.1) is 5.82 Å². The third kappa shape index (κ3) is 2.41. The highest BCUT2D eigenvalue weighted by atomic mass is 19.1. The SMILES string of the molecule is NC(=O)c1cnn(-c2cccc(F)c2)c1-c1ccccc1. The first-order chi connectivity index (χ1) is 10.2. The molecule has 4 nitrogen and oxygen atoms in total. The summed E-state index contributed by atoms with van der Waals surface area (Å²) in [6.45, 7) is 0. The zero-order valence-electron chi connectivity index (χ0n) is 11.0. The van der Waals surface area contributed by atoms with Crippen LogP contribution in [0.5, 0.6) is 0 Å². The molecule has 3 aromatic rings. The number of benzene rings is 2. The van der Waals surface area contributed by atoms with E-state index in [1.807, 2.05) is 30.3 Å². The van der Waals surface area contributed by atoms with Crippen LogP contribution >= 0.6 is 0 Å². The van der Waals surface area contributed by atoms with Crippen LogP contribution in [0.1, 0.15) is 10.4 Å². The Morgan fingerprint density at radius 1 is 1.10 bits per heavy atom. The summed E-state index contributed by atoms with van der Waals surface area (Å²) in [4.78, 5) is 11.6. The Bertz CT molecular complexity index is 796. The van der Waals surface area contributed by atoms with Gasteiger partial charge in [-0.15, -0.1) is 0 Å². The molecule has 21 heavy (non-hydrogen) atoms. The van der Waals surface area contributed by atoms with Crippen molar-refractivity contribution in [2.24, 2.45) is 5.73 Å². The van der Waals surface area contributed by atoms with Crippen molar-refractivity contribution < 1.29 is 9.18 Å². The Morgan fingerprint density at radius 3 is 2.52 bits per heavy atom. The summed E-state index contributed by atoms with van der Waals surface area (Å²) >= 11 is 0. The number of rotatable bonds is 3. The Hall–Kier alpha value is -2.95. The number of aromatic nitrogens is 2. The maximum Gasteiger partial charge on any atom is 0.252 e. The highest BCUT2D eigenvalue weighted by molar-refractivity contribution is 5.99. The molecule has 5 heteroatoms. The lowest BCUT2D eigenvalue weighted by atomic mass is 10.1. The van der Waals surface area contributed by atoms with Crippen molar-refractivity contribution in [1.82, 2.24) is 9.78 Å². The molecule has 1 aromatic heterocycles. The minimum absolute atomic E-state index is 0.297. The number of nitrogens with zero attached hydrogens (tertiary/aromatic N) is 2. The first-order valence-corrected chi connectivity index (χ1v) is 6.36. The highest BCUT2D eigenvalue weighted by Gasteiger charge is 2.18. The second kappa shape index (κ2) is 5.20. The Balaban J connectivity index is 2.25. The Kier molecular flexibility index (Phi) is 3.23. The van der Waals surface area contributed by atoms with Gasteiger partial charge in [0.2, 0.25) is 0 Å². The lowest BCUT2D eigenvalue weighted by molar-refractivity contribution is 0.100. The number of carbonyl (C=O) groups excluding carboxylic acids is 1. The Morgan fingerprint density at radius 2 is 1.86 bits per heavy atom. The van der Waals surface area contributed by atoms with Gasteiger partial charge < -0.3 is 5.73 Å². The standard InChI is InChI=1S/C16H12FN3O/c17-12-7-4-8-13(9-12)20-15(11-5-2-1-3-6-11)14(10-19-20)16(18)21/h1-10H,(H2,18,21). The minimum atomic E-state index is -0.573. The zero-order chi connectivity index (χ0) is 14.8. The minimum Gasteiger partial charge on any atom is -0.365 e. The van der Waals surface area contributed by atoms with E-state index in [1.165, 1.54) is 23.0 Å². The lowest BCUT2D eigenvalue weighted by Gasteiger charge is -2.09. The van der Waals surface area contributed by atoms with E-state index < -0.39 is 5.91 Å². The number of amides is 1. The van der Waals surface area contributed by atoms with Gasteiger partial charge in [0.15, 0.2) is 0 Å².